The minimum Gasteiger partial charge on any atom is -0.496 e. The van der Waals surface area contributed by atoms with Gasteiger partial charge in [-0.3, -0.25) is 5.10 Å². The van der Waals surface area contributed by atoms with Gasteiger partial charge in [0.1, 0.15) is 17.4 Å². The molecule has 2 rings (SSSR count). The minimum atomic E-state index is -0.340. The molecule has 1 aromatic heterocycles. The summed E-state index contributed by atoms with van der Waals surface area (Å²) in [5, 5.41) is 6.34. The van der Waals surface area contributed by atoms with Gasteiger partial charge in [-0.1, -0.05) is 6.07 Å². The molecule has 2 aromatic rings. The van der Waals surface area contributed by atoms with Crippen molar-refractivity contribution in [2.75, 3.05) is 12.8 Å². The number of hydrogen-bond acceptors (Lipinski definition) is 3. The molecule has 0 aliphatic heterocycles. The molecule has 0 amide bonds. The van der Waals surface area contributed by atoms with Gasteiger partial charge < -0.3 is 10.5 Å². The maximum absolute atomic E-state index is 14.0. The van der Waals surface area contributed by atoms with Gasteiger partial charge in [-0.05, 0) is 18.6 Å². The lowest BCUT2D eigenvalue weighted by molar-refractivity contribution is 0.413. The lowest BCUT2D eigenvalue weighted by Crippen LogP contribution is -1.96. The first-order valence-electron chi connectivity index (χ1n) is 4.77. The molecule has 0 radical (unpaired) electrons. The van der Waals surface area contributed by atoms with Crippen molar-refractivity contribution in [1.82, 2.24) is 10.2 Å². The Morgan fingerprint density at radius 1 is 1.44 bits per heavy atom. The fourth-order valence-electron chi connectivity index (χ4n) is 1.58. The molecular weight excluding hydrogens is 209 g/mol. The number of nitrogen functional groups attached to an aromatic ring is 1. The second-order valence-electron chi connectivity index (χ2n) is 3.47. The molecule has 0 saturated carbocycles. The van der Waals surface area contributed by atoms with Crippen LogP contribution in [0.5, 0.6) is 5.75 Å². The van der Waals surface area contributed by atoms with Gasteiger partial charge in [0, 0.05) is 0 Å². The second-order valence-corrected chi connectivity index (χ2v) is 3.47. The fraction of sp³-hybridized carbons (Fsp3) is 0.182. The molecule has 84 valence electrons. The normalized spacial score (nSPS) is 10.4. The number of nitrogens with one attached hydrogen (secondary N) is 1. The number of aryl methyl sites for hydroxylation is 1. The Balaban J connectivity index is 2.72. The highest BCUT2D eigenvalue weighted by Gasteiger charge is 2.17. The number of halogens is 1. The van der Waals surface area contributed by atoms with E-state index in [9.17, 15) is 4.39 Å². The highest BCUT2D eigenvalue weighted by Crippen LogP contribution is 2.36. The molecule has 0 bridgehead atoms. The number of nitrogens with two attached hydrogens (primary N) is 1. The molecule has 0 fully saturated rings. The van der Waals surface area contributed by atoms with Gasteiger partial charge in [0.15, 0.2) is 0 Å². The van der Waals surface area contributed by atoms with Gasteiger partial charge in [0.25, 0.3) is 0 Å². The summed E-state index contributed by atoms with van der Waals surface area (Å²) in [4.78, 5) is 0. The Labute approximate surface area is 92.2 Å². The van der Waals surface area contributed by atoms with E-state index in [-0.39, 0.29) is 5.82 Å². The van der Waals surface area contributed by atoms with Crippen molar-refractivity contribution < 1.29 is 9.13 Å². The van der Waals surface area contributed by atoms with E-state index < -0.39 is 0 Å². The predicted molar refractivity (Wildman–Crippen MR) is 59.7 cm³/mol. The average Bonchev–Trinajstić information content (AvgIpc) is 2.68. The summed E-state index contributed by atoms with van der Waals surface area (Å²) < 4.78 is 19.1. The smallest absolute Gasteiger partial charge is 0.137 e. The summed E-state index contributed by atoms with van der Waals surface area (Å²) in [6, 6.07) is 3.37. The van der Waals surface area contributed by atoms with E-state index in [0.717, 1.165) is 0 Å². The molecule has 3 N–H and O–H groups in total. The molecule has 0 aliphatic carbocycles. The second kappa shape index (κ2) is 3.84. The van der Waals surface area contributed by atoms with Crippen LogP contribution in [0.2, 0.25) is 0 Å². The number of aromatic amines is 1. The number of benzene rings is 1. The van der Waals surface area contributed by atoms with Crippen LogP contribution in [0.25, 0.3) is 11.1 Å². The summed E-state index contributed by atoms with van der Waals surface area (Å²) in [5.74, 6) is 0.423. The Hall–Kier alpha value is -2.04. The third kappa shape index (κ3) is 1.50. The molecule has 0 saturated heterocycles. The molecule has 0 aliphatic rings. The summed E-state index contributed by atoms with van der Waals surface area (Å²) in [6.45, 7) is 1.69. The SMILES string of the molecule is COc1ccc(C)c(F)c1-c1cn[nH]c1N. The Bertz CT molecular complexity index is 522. The third-order valence-electron chi connectivity index (χ3n) is 2.45. The third-order valence-corrected chi connectivity index (χ3v) is 2.45. The van der Waals surface area contributed by atoms with E-state index >= 15 is 0 Å². The predicted octanol–water partition coefficient (Wildman–Crippen LogP) is 2.12. The lowest BCUT2D eigenvalue weighted by Gasteiger charge is -2.10. The number of ether oxygens (including phenoxy) is 1. The van der Waals surface area contributed by atoms with Crippen molar-refractivity contribution in [3.05, 3.63) is 29.7 Å². The Kier molecular flexibility index (Phi) is 2.52. The molecule has 1 aromatic carbocycles. The van der Waals surface area contributed by atoms with Gasteiger partial charge in [-0.2, -0.15) is 5.10 Å². The van der Waals surface area contributed by atoms with Crippen molar-refractivity contribution in [1.29, 1.82) is 0 Å². The van der Waals surface area contributed by atoms with Crippen LogP contribution < -0.4 is 10.5 Å². The zero-order valence-corrected chi connectivity index (χ0v) is 9.04. The van der Waals surface area contributed by atoms with Crippen LogP contribution in [0.4, 0.5) is 10.2 Å². The van der Waals surface area contributed by atoms with Crippen LogP contribution in [0, 0.1) is 12.7 Å². The highest BCUT2D eigenvalue weighted by molar-refractivity contribution is 5.79. The first-order chi connectivity index (χ1) is 7.65. The molecule has 5 heteroatoms. The highest BCUT2D eigenvalue weighted by atomic mass is 19.1. The number of methoxy groups -OCH3 is 1. The lowest BCUT2D eigenvalue weighted by atomic mass is 10.0. The molecule has 16 heavy (non-hydrogen) atoms. The van der Waals surface area contributed by atoms with E-state index in [1.165, 1.54) is 13.3 Å². The topological polar surface area (TPSA) is 63.9 Å². The monoisotopic (exact) mass is 221 g/mol. The zero-order chi connectivity index (χ0) is 11.7. The van der Waals surface area contributed by atoms with Crippen LogP contribution in [0.3, 0.4) is 0 Å². The molecule has 4 nitrogen and oxygen atoms in total. The summed E-state index contributed by atoms with van der Waals surface area (Å²) in [7, 11) is 1.49. The quantitative estimate of drug-likeness (QED) is 0.816. The van der Waals surface area contributed by atoms with E-state index in [4.69, 9.17) is 10.5 Å². The first-order valence-corrected chi connectivity index (χ1v) is 4.77. The maximum Gasteiger partial charge on any atom is 0.137 e. The average molecular weight is 221 g/mol. The van der Waals surface area contributed by atoms with Gasteiger partial charge >= 0.3 is 0 Å². The van der Waals surface area contributed by atoms with Crippen molar-refractivity contribution in [2.24, 2.45) is 0 Å². The number of anilines is 1. The van der Waals surface area contributed by atoms with Gasteiger partial charge in [0.2, 0.25) is 0 Å². The summed E-state index contributed by atoms with van der Waals surface area (Å²) in [5.41, 5.74) is 7.07. The van der Waals surface area contributed by atoms with Crippen molar-refractivity contribution in [3.8, 4) is 16.9 Å². The largest absolute Gasteiger partial charge is 0.496 e. The molecule has 1 heterocycles. The first kappa shape index (κ1) is 10.5. The molecule has 0 atom stereocenters. The van der Waals surface area contributed by atoms with Crippen molar-refractivity contribution in [3.63, 3.8) is 0 Å². The van der Waals surface area contributed by atoms with Crippen LogP contribution in [0.1, 0.15) is 5.56 Å². The van der Waals surface area contributed by atoms with Gasteiger partial charge in [-0.15, -0.1) is 0 Å². The van der Waals surface area contributed by atoms with Crippen LogP contribution in [0.15, 0.2) is 18.3 Å². The summed E-state index contributed by atoms with van der Waals surface area (Å²) in [6.07, 6.45) is 1.48. The van der Waals surface area contributed by atoms with E-state index in [2.05, 4.69) is 10.2 Å². The number of nitrogens with zero attached hydrogens (tertiary/aromatic N) is 1. The van der Waals surface area contributed by atoms with E-state index in [1.54, 1.807) is 19.1 Å². The van der Waals surface area contributed by atoms with Gasteiger partial charge in [-0.25, -0.2) is 4.39 Å². The van der Waals surface area contributed by atoms with E-state index in [1.807, 2.05) is 0 Å². The van der Waals surface area contributed by atoms with Crippen LogP contribution in [-0.4, -0.2) is 17.3 Å². The fourth-order valence-corrected chi connectivity index (χ4v) is 1.58. The van der Waals surface area contributed by atoms with E-state index in [0.29, 0.717) is 28.3 Å². The summed E-state index contributed by atoms with van der Waals surface area (Å²) >= 11 is 0. The Morgan fingerprint density at radius 2 is 2.19 bits per heavy atom. The molecular formula is C11H12FN3O. The Morgan fingerprint density at radius 3 is 2.75 bits per heavy atom. The van der Waals surface area contributed by atoms with Gasteiger partial charge in [0.05, 0.1) is 24.4 Å². The number of hydrogen-bond donors (Lipinski definition) is 2. The maximum atomic E-state index is 14.0. The number of aromatic nitrogens is 2. The minimum absolute atomic E-state index is 0.322. The zero-order valence-electron chi connectivity index (χ0n) is 9.04. The van der Waals surface area contributed by atoms with Crippen molar-refractivity contribution >= 4 is 5.82 Å². The van der Waals surface area contributed by atoms with Crippen LogP contribution in [-0.2, 0) is 0 Å². The molecule has 0 unspecified atom stereocenters. The van der Waals surface area contributed by atoms with Crippen molar-refractivity contribution in [2.45, 2.75) is 6.92 Å². The molecule has 0 spiro atoms. The number of rotatable bonds is 2. The van der Waals surface area contributed by atoms with Crippen LogP contribution >= 0.6 is 0 Å². The standard InChI is InChI=1S/C11H12FN3O/c1-6-3-4-8(16-2)9(10(6)12)7-5-14-15-11(7)13/h3-5H,1-2H3,(H3,13,14,15). The number of H-pyrrole nitrogens is 1.